The highest BCUT2D eigenvalue weighted by Gasteiger charge is 2.22. The van der Waals surface area contributed by atoms with Crippen molar-refractivity contribution in [2.45, 2.75) is 13.5 Å². The van der Waals surface area contributed by atoms with Crippen molar-refractivity contribution >= 4 is 23.5 Å². The summed E-state index contributed by atoms with van der Waals surface area (Å²) in [6.45, 7) is 1.99. The monoisotopic (exact) mass is 376 g/mol. The number of aromatic nitrogens is 1. The Bertz CT molecular complexity index is 739. The van der Waals surface area contributed by atoms with Gasteiger partial charge in [0.15, 0.2) is 6.61 Å². The molecular weight excluding hydrogens is 356 g/mol. The number of para-hydroxylation sites is 1. The number of carbonyl (C=O) groups is 2. The summed E-state index contributed by atoms with van der Waals surface area (Å²) in [7, 11) is 1.32. The highest BCUT2D eigenvalue weighted by Crippen LogP contribution is 2.23. The van der Waals surface area contributed by atoms with Crippen LogP contribution in [0.1, 0.15) is 12.6 Å². The first-order chi connectivity index (χ1) is 12.5. The normalized spacial score (nSPS) is 11.5. The van der Waals surface area contributed by atoms with Crippen molar-refractivity contribution in [3.63, 3.8) is 0 Å². The van der Waals surface area contributed by atoms with E-state index in [1.54, 1.807) is 43.5 Å². The van der Waals surface area contributed by atoms with Gasteiger partial charge in [-0.05, 0) is 24.3 Å². The van der Waals surface area contributed by atoms with E-state index in [9.17, 15) is 9.59 Å². The molecule has 0 aliphatic carbocycles. The van der Waals surface area contributed by atoms with Gasteiger partial charge in [-0.25, -0.2) is 0 Å². The highest BCUT2D eigenvalue weighted by molar-refractivity contribution is 6.32. The zero-order valence-electron chi connectivity index (χ0n) is 14.7. The van der Waals surface area contributed by atoms with E-state index >= 15 is 0 Å². The van der Waals surface area contributed by atoms with Crippen LogP contribution in [0.4, 0.5) is 0 Å². The van der Waals surface area contributed by atoms with Crippen LogP contribution >= 0.6 is 11.6 Å². The molecule has 7 heteroatoms. The topological polar surface area (TPSA) is 68.7 Å². The summed E-state index contributed by atoms with van der Waals surface area (Å²) in [5.41, 5.74) is 0.718. The average Bonchev–Trinajstić information content (AvgIpc) is 2.66. The van der Waals surface area contributed by atoms with Crippen LogP contribution in [0, 0.1) is 5.92 Å². The molecule has 1 aromatic heterocycles. The minimum absolute atomic E-state index is 0.190. The summed E-state index contributed by atoms with van der Waals surface area (Å²) in [5.74, 6) is -0.684. The molecule has 0 saturated heterocycles. The van der Waals surface area contributed by atoms with Crippen molar-refractivity contribution in [1.29, 1.82) is 0 Å². The Labute approximate surface area is 157 Å². The third kappa shape index (κ3) is 5.74. The van der Waals surface area contributed by atoms with Gasteiger partial charge >= 0.3 is 5.97 Å². The van der Waals surface area contributed by atoms with Gasteiger partial charge in [-0.3, -0.25) is 14.6 Å². The largest absolute Gasteiger partial charge is 0.482 e. The van der Waals surface area contributed by atoms with E-state index in [2.05, 4.69) is 4.98 Å². The zero-order valence-corrected chi connectivity index (χ0v) is 15.5. The standard InChI is InChI=1S/C19H21ClN2O4/c1-14(19(24)25-2)11-22(12-15-7-5-6-10-21-15)18(23)13-26-17-9-4-3-8-16(17)20/h3-10,14H,11-13H2,1-2H3. The number of esters is 1. The molecule has 0 aliphatic rings. The molecule has 1 atom stereocenters. The SMILES string of the molecule is COC(=O)C(C)CN(Cc1ccccn1)C(=O)COc1ccccc1Cl. The van der Waals surface area contributed by atoms with Crippen LogP contribution in [0.25, 0.3) is 0 Å². The Morgan fingerprint density at radius 1 is 1.19 bits per heavy atom. The lowest BCUT2D eigenvalue weighted by molar-refractivity contribution is -0.147. The van der Waals surface area contributed by atoms with Crippen LogP contribution in [0.15, 0.2) is 48.7 Å². The Kier molecular flexibility index (Phi) is 7.41. The second kappa shape index (κ2) is 9.77. The maximum absolute atomic E-state index is 12.7. The molecule has 0 spiro atoms. The second-order valence-corrected chi connectivity index (χ2v) is 6.15. The molecule has 1 unspecified atom stereocenters. The van der Waals surface area contributed by atoms with Gasteiger partial charge in [0.05, 0.1) is 30.3 Å². The van der Waals surface area contributed by atoms with E-state index in [-0.39, 0.29) is 31.6 Å². The van der Waals surface area contributed by atoms with Crippen LogP contribution in [0.3, 0.4) is 0 Å². The number of pyridine rings is 1. The Morgan fingerprint density at radius 2 is 1.92 bits per heavy atom. The zero-order chi connectivity index (χ0) is 18.9. The van der Waals surface area contributed by atoms with Crippen LogP contribution in [-0.4, -0.2) is 42.0 Å². The van der Waals surface area contributed by atoms with Crippen molar-refractivity contribution in [2.24, 2.45) is 5.92 Å². The smallest absolute Gasteiger partial charge is 0.310 e. The van der Waals surface area contributed by atoms with E-state index in [0.29, 0.717) is 10.8 Å². The molecule has 6 nitrogen and oxygen atoms in total. The number of benzene rings is 1. The summed E-state index contributed by atoms with van der Waals surface area (Å²) in [4.78, 5) is 30.1. The first kappa shape index (κ1) is 19.7. The first-order valence-corrected chi connectivity index (χ1v) is 8.52. The molecule has 0 N–H and O–H groups in total. The number of halogens is 1. The fraction of sp³-hybridized carbons (Fsp3) is 0.316. The van der Waals surface area contributed by atoms with Gasteiger partial charge in [0.2, 0.25) is 0 Å². The maximum Gasteiger partial charge on any atom is 0.310 e. The summed E-state index contributed by atoms with van der Waals surface area (Å²) in [6, 6.07) is 12.4. The molecule has 0 aliphatic heterocycles. The van der Waals surface area contributed by atoms with Gasteiger partial charge in [-0.15, -0.1) is 0 Å². The highest BCUT2D eigenvalue weighted by atomic mass is 35.5. The van der Waals surface area contributed by atoms with Crippen molar-refractivity contribution in [2.75, 3.05) is 20.3 Å². The Morgan fingerprint density at radius 3 is 2.58 bits per heavy atom. The maximum atomic E-state index is 12.7. The van der Waals surface area contributed by atoms with Crippen LogP contribution in [0.2, 0.25) is 5.02 Å². The van der Waals surface area contributed by atoms with Gasteiger partial charge in [0.25, 0.3) is 5.91 Å². The predicted molar refractivity (Wildman–Crippen MR) is 97.8 cm³/mol. The lowest BCUT2D eigenvalue weighted by atomic mass is 10.1. The molecule has 0 radical (unpaired) electrons. The molecule has 1 aromatic carbocycles. The number of ether oxygens (including phenoxy) is 2. The molecule has 0 fully saturated rings. The number of carbonyl (C=O) groups excluding carboxylic acids is 2. The van der Waals surface area contributed by atoms with Crippen molar-refractivity contribution in [3.8, 4) is 5.75 Å². The number of hydrogen-bond donors (Lipinski definition) is 0. The molecule has 2 rings (SSSR count). The lowest BCUT2D eigenvalue weighted by Gasteiger charge is -2.25. The first-order valence-electron chi connectivity index (χ1n) is 8.14. The molecule has 1 heterocycles. The van der Waals surface area contributed by atoms with Crippen molar-refractivity contribution < 1.29 is 19.1 Å². The Hall–Kier alpha value is -2.60. The van der Waals surface area contributed by atoms with Gasteiger partial charge in [0, 0.05) is 12.7 Å². The summed E-state index contributed by atoms with van der Waals surface area (Å²) in [5, 5.41) is 0.430. The van der Waals surface area contributed by atoms with Gasteiger partial charge in [-0.2, -0.15) is 0 Å². The fourth-order valence-corrected chi connectivity index (χ4v) is 2.53. The number of nitrogens with zero attached hydrogens (tertiary/aromatic N) is 2. The van der Waals surface area contributed by atoms with Crippen LogP contribution in [-0.2, 0) is 20.9 Å². The van der Waals surface area contributed by atoms with Crippen molar-refractivity contribution in [3.05, 3.63) is 59.4 Å². The van der Waals surface area contributed by atoms with E-state index in [1.807, 2.05) is 12.1 Å². The quantitative estimate of drug-likeness (QED) is 0.662. The van der Waals surface area contributed by atoms with Gasteiger partial charge in [0.1, 0.15) is 5.75 Å². The molecule has 0 bridgehead atoms. The summed E-state index contributed by atoms with van der Waals surface area (Å²) >= 11 is 6.04. The molecule has 2 aromatic rings. The van der Waals surface area contributed by atoms with E-state index in [4.69, 9.17) is 21.1 Å². The number of rotatable bonds is 8. The van der Waals surface area contributed by atoms with Crippen LogP contribution in [0.5, 0.6) is 5.75 Å². The van der Waals surface area contributed by atoms with E-state index in [0.717, 1.165) is 5.69 Å². The second-order valence-electron chi connectivity index (χ2n) is 5.74. The third-order valence-electron chi connectivity index (χ3n) is 3.72. The number of amides is 1. The number of hydrogen-bond acceptors (Lipinski definition) is 5. The lowest BCUT2D eigenvalue weighted by Crippen LogP contribution is -2.39. The van der Waals surface area contributed by atoms with Gasteiger partial charge in [-0.1, -0.05) is 36.7 Å². The number of methoxy groups -OCH3 is 1. The third-order valence-corrected chi connectivity index (χ3v) is 4.03. The molecular formula is C19H21ClN2O4. The predicted octanol–water partition coefficient (Wildman–Crippen LogP) is 2.95. The molecule has 138 valence electrons. The minimum atomic E-state index is -0.465. The molecule has 1 amide bonds. The van der Waals surface area contributed by atoms with E-state index in [1.165, 1.54) is 12.0 Å². The molecule has 26 heavy (non-hydrogen) atoms. The van der Waals surface area contributed by atoms with Crippen LogP contribution < -0.4 is 4.74 Å². The van der Waals surface area contributed by atoms with Gasteiger partial charge < -0.3 is 14.4 Å². The fourth-order valence-electron chi connectivity index (χ4n) is 2.34. The summed E-state index contributed by atoms with van der Waals surface area (Å²) < 4.78 is 10.3. The average molecular weight is 377 g/mol. The minimum Gasteiger partial charge on any atom is -0.482 e. The Balaban J connectivity index is 2.07. The van der Waals surface area contributed by atoms with Crippen molar-refractivity contribution in [1.82, 2.24) is 9.88 Å². The van der Waals surface area contributed by atoms with E-state index < -0.39 is 5.92 Å². The molecule has 0 saturated carbocycles. The summed E-state index contributed by atoms with van der Waals surface area (Å²) in [6.07, 6.45) is 1.65.